The Balaban J connectivity index is 3.30. The van der Waals surface area contributed by atoms with Crippen molar-refractivity contribution in [2.24, 2.45) is 0 Å². The van der Waals surface area contributed by atoms with Crippen molar-refractivity contribution in [1.29, 1.82) is 0 Å². The summed E-state index contributed by atoms with van der Waals surface area (Å²) in [5, 5.41) is 24.4. The van der Waals surface area contributed by atoms with Crippen LogP contribution >= 0.6 is 165 Å². The first-order valence-corrected chi connectivity index (χ1v) is 31.2. The molecule has 1 atom stereocenters. The van der Waals surface area contributed by atoms with Crippen LogP contribution in [-0.4, -0.2) is 148 Å². The molecule has 0 aromatic carbocycles. The molecule has 8 nitrogen and oxygen atoms in total. The Kier molecular flexibility index (Phi) is 48.2. The van der Waals surface area contributed by atoms with E-state index in [0.29, 0.717) is 40.8 Å². The molecule has 0 heterocycles. The molecule has 2 N–H and O–H groups in total. The first-order chi connectivity index (χ1) is 23.1. The predicted molar refractivity (Wildman–Crippen MR) is 239 cm³/mol. The van der Waals surface area contributed by atoms with Gasteiger partial charge in [-0.25, -0.2) is 9.78 Å². The van der Waals surface area contributed by atoms with Gasteiger partial charge in [0.05, 0.1) is 35.1 Å². The molecule has 0 aromatic rings. The molecule has 0 aromatic heterocycles. The van der Waals surface area contributed by atoms with Crippen molar-refractivity contribution in [3.05, 3.63) is 0 Å². The summed E-state index contributed by atoms with van der Waals surface area (Å²) in [6.07, 6.45) is 0. The van der Waals surface area contributed by atoms with Crippen LogP contribution in [0.25, 0.3) is 0 Å². The van der Waals surface area contributed by atoms with Crippen molar-refractivity contribution < 1.29 is 38.5 Å². The smallest absolute Gasteiger partial charge is 0.316 e. The third-order valence-corrected chi connectivity index (χ3v) is 21.8. The van der Waals surface area contributed by atoms with Crippen molar-refractivity contribution in [3.63, 3.8) is 0 Å². The number of carbonyl (C=O) groups is 2. The fourth-order valence-electron chi connectivity index (χ4n) is 2.21. The molecule has 0 aliphatic carbocycles. The minimum Gasteiger partial charge on any atom is -0.454 e. The molecule has 0 aliphatic rings. The van der Waals surface area contributed by atoms with Gasteiger partial charge in [0, 0.05) is 86.7 Å². The van der Waals surface area contributed by atoms with Gasteiger partial charge in [-0.2, -0.15) is 23.5 Å². The maximum Gasteiger partial charge on any atom is 0.316 e. The standard InChI is InChI=1S/C24H46O8S15/c25-11-34-4-3-33-2-1-31-32-14-40-18-42-17-39-10-24(28)46-21-44-19-43-20-45-22-47(29)8-7-37-15-41-16-38-9-23(27)30-13-36-6-5-35-12-26/h25-26H,1-22H2. The summed E-state index contributed by atoms with van der Waals surface area (Å²) in [5.41, 5.74) is 0. The van der Waals surface area contributed by atoms with Gasteiger partial charge < -0.3 is 14.9 Å². The number of hydrogen-bond acceptors (Lipinski definition) is 22. The summed E-state index contributed by atoms with van der Waals surface area (Å²) in [6.45, 7) is 0.565. The molecule has 0 rings (SSSR count). The van der Waals surface area contributed by atoms with Crippen LogP contribution in [0.3, 0.4) is 0 Å². The molecule has 23 heteroatoms. The summed E-state index contributed by atoms with van der Waals surface area (Å²) >= 11 is 23.2. The zero-order valence-electron chi connectivity index (χ0n) is 26.0. The fourth-order valence-corrected chi connectivity index (χ4v) is 18.2. The van der Waals surface area contributed by atoms with E-state index in [1.807, 2.05) is 11.8 Å². The van der Waals surface area contributed by atoms with E-state index in [4.69, 9.17) is 24.7 Å². The molecule has 0 bridgehead atoms. The second-order valence-electron chi connectivity index (χ2n) is 7.72. The highest BCUT2D eigenvalue weighted by Gasteiger charge is 2.06. The number of thioether (sulfide) groups is 14. The first-order valence-electron chi connectivity index (χ1n) is 13.7. The normalized spacial score (nSPS) is 12.0. The maximum atomic E-state index is 12.2. The van der Waals surface area contributed by atoms with E-state index in [1.54, 1.807) is 118 Å². The average molecular weight is 944 g/mol. The van der Waals surface area contributed by atoms with Crippen LogP contribution in [0.2, 0.25) is 0 Å². The lowest BCUT2D eigenvalue weighted by Crippen LogP contribution is -2.07. The van der Waals surface area contributed by atoms with E-state index in [9.17, 15) is 13.8 Å². The molecule has 0 saturated carbocycles. The third kappa shape index (κ3) is 44.3. The number of aliphatic hydroxyl groups excluding tert-OH is 2. The molecular weight excluding hydrogens is 897 g/mol. The number of aliphatic hydroxyl groups is 2. The largest absolute Gasteiger partial charge is 0.454 e. The van der Waals surface area contributed by atoms with Crippen molar-refractivity contribution >= 4 is 187 Å². The zero-order valence-corrected chi connectivity index (χ0v) is 38.3. The van der Waals surface area contributed by atoms with Gasteiger partial charge in [-0.15, -0.1) is 129 Å². The molecule has 0 amide bonds. The van der Waals surface area contributed by atoms with Crippen LogP contribution in [0.1, 0.15) is 0 Å². The SMILES string of the molecule is O=C(CSCSCSCCS(=O)CSCSCSCSC(=O)CSCSCSCOOCCSCCSCO)OCSCCSCO. The molecule has 0 spiro atoms. The summed E-state index contributed by atoms with van der Waals surface area (Å²) in [5.74, 6) is 8.00. The van der Waals surface area contributed by atoms with Crippen molar-refractivity contribution in [3.8, 4) is 0 Å². The van der Waals surface area contributed by atoms with Crippen molar-refractivity contribution in [2.75, 3.05) is 123 Å². The Hall–Kier alpha value is 4.03. The van der Waals surface area contributed by atoms with Crippen LogP contribution in [0, 0.1) is 0 Å². The Bertz CT molecular complexity index is 721. The molecule has 0 fully saturated rings. The van der Waals surface area contributed by atoms with Crippen LogP contribution in [0.4, 0.5) is 0 Å². The van der Waals surface area contributed by atoms with Gasteiger partial charge in [0.1, 0.15) is 11.9 Å². The second kappa shape index (κ2) is 44.4. The summed E-state index contributed by atoms with van der Waals surface area (Å²) in [7, 11) is -0.809. The molecular formula is C24H46O8S15. The monoisotopic (exact) mass is 942 g/mol. The third-order valence-electron chi connectivity index (χ3n) is 4.17. The number of esters is 1. The van der Waals surface area contributed by atoms with Crippen LogP contribution < -0.4 is 0 Å². The van der Waals surface area contributed by atoms with Crippen molar-refractivity contribution in [1.82, 2.24) is 0 Å². The van der Waals surface area contributed by atoms with Gasteiger partial charge in [0.2, 0.25) is 0 Å². The Morgan fingerprint density at radius 2 is 1.13 bits per heavy atom. The van der Waals surface area contributed by atoms with Crippen LogP contribution in [0.5, 0.6) is 0 Å². The highest BCUT2D eigenvalue weighted by molar-refractivity contribution is 8.30. The Morgan fingerprint density at radius 1 is 0.532 bits per heavy atom. The zero-order chi connectivity index (χ0) is 34.3. The molecule has 1 unspecified atom stereocenters. The molecule has 47 heavy (non-hydrogen) atoms. The van der Waals surface area contributed by atoms with E-state index >= 15 is 0 Å². The van der Waals surface area contributed by atoms with Gasteiger partial charge in [0.15, 0.2) is 5.12 Å². The van der Waals surface area contributed by atoms with E-state index in [0.717, 1.165) is 70.1 Å². The highest BCUT2D eigenvalue weighted by atomic mass is 32.3. The minimum atomic E-state index is -0.809. The van der Waals surface area contributed by atoms with Gasteiger partial charge in [0.25, 0.3) is 0 Å². The molecule has 0 radical (unpaired) electrons. The Labute approximate surface area is 343 Å². The lowest BCUT2D eigenvalue weighted by molar-refractivity contribution is -0.274. The van der Waals surface area contributed by atoms with E-state index < -0.39 is 10.8 Å². The number of carbonyl (C=O) groups excluding carboxylic acids is 2. The topological polar surface area (TPSA) is 119 Å². The first kappa shape index (κ1) is 51.0. The lowest BCUT2D eigenvalue weighted by atomic mass is 10.8. The summed E-state index contributed by atoms with van der Waals surface area (Å²) in [4.78, 5) is 34.0. The maximum absolute atomic E-state index is 12.2. The van der Waals surface area contributed by atoms with E-state index in [-0.39, 0.29) is 23.0 Å². The van der Waals surface area contributed by atoms with Crippen molar-refractivity contribution in [2.45, 2.75) is 0 Å². The Morgan fingerprint density at radius 3 is 1.87 bits per heavy atom. The summed E-state index contributed by atoms with van der Waals surface area (Å²) in [6, 6.07) is 0. The minimum absolute atomic E-state index is 0.126. The molecule has 0 aliphatic heterocycles. The fraction of sp³-hybridized carbons (Fsp3) is 0.917. The van der Waals surface area contributed by atoms with Crippen LogP contribution in [0.15, 0.2) is 0 Å². The number of hydrogen-bond donors (Lipinski definition) is 2. The summed E-state index contributed by atoms with van der Waals surface area (Å²) < 4.78 is 17.4. The molecule has 0 saturated heterocycles. The quantitative estimate of drug-likeness (QED) is 0.0208. The number of rotatable bonds is 39. The predicted octanol–water partition coefficient (Wildman–Crippen LogP) is 7.49. The van der Waals surface area contributed by atoms with E-state index in [2.05, 4.69) is 0 Å². The number of ether oxygens (including phenoxy) is 1. The van der Waals surface area contributed by atoms with Gasteiger partial charge in [-0.3, -0.25) is 13.8 Å². The van der Waals surface area contributed by atoms with Gasteiger partial charge in [-0.05, 0) is 0 Å². The second-order valence-corrected chi connectivity index (χ2v) is 26.6. The van der Waals surface area contributed by atoms with E-state index in [1.165, 1.54) is 35.3 Å². The average Bonchev–Trinajstić information content (AvgIpc) is 3.06. The highest BCUT2D eigenvalue weighted by Crippen LogP contribution is 2.24. The van der Waals surface area contributed by atoms with Gasteiger partial charge in [-0.1, -0.05) is 11.8 Å². The molecule has 280 valence electrons. The lowest BCUT2D eigenvalue weighted by Gasteiger charge is -2.05. The van der Waals surface area contributed by atoms with Crippen LogP contribution in [-0.2, 0) is 34.9 Å². The van der Waals surface area contributed by atoms with Gasteiger partial charge >= 0.3 is 5.97 Å².